The highest BCUT2D eigenvalue weighted by Crippen LogP contribution is 2.33. The molecule has 1 aliphatic rings. The second-order valence-electron chi connectivity index (χ2n) is 6.51. The largest absolute Gasteiger partial charge is 0.494 e. The van der Waals surface area contributed by atoms with E-state index < -0.39 is 0 Å². The van der Waals surface area contributed by atoms with Crippen molar-refractivity contribution in [2.75, 3.05) is 30.4 Å². The molecule has 2 N–H and O–H groups in total. The number of methoxy groups -OCH3 is 1. The highest BCUT2D eigenvalue weighted by atomic mass is 16.5. The third kappa shape index (κ3) is 5.00. The molecule has 0 unspecified atom stereocenters. The van der Waals surface area contributed by atoms with Crippen molar-refractivity contribution in [3.63, 3.8) is 0 Å². The molecule has 27 heavy (non-hydrogen) atoms. The van der Waals surface area contributed by atoms with Crippen LogP contribution >= 0.6 is 0 Å². The molecule has 0 radical (unpaired) electrons. The van der Waals surface area contributed by atoms with Gasteiger partial charge >= 0.3 is 6.03 Å². The first-order valence-corrected chi connectivity index (χ1v) is 9.24. The van der Waals surface area contributed by atoms with Crippen molar-refractivity contribution in [3.8, 4) is 5.75 Å². The van der Waals surface area contributed by atoms with Crippen LogP contribution in [-0.4, -0.2) is 32.1 Å². The lowest BCUT2D eigenvalue weighted by molar-refractivity contribution is -0.117. The number of urea groups is 1. The average molecular weight is 367 g/mol. The first-order valence-electron chi connectivity index (χ1n) is 9.24. The molecule has 0 bridgehead atoms. The van der Waals surface area contributed by atoms with Gasteiger partial charge in [0.25, 0.3) is 0 Å². The first-order chi connectivity index (χ1) is 13.2. The van der Waals surface area contributed by atoms with Gasteiger partial charge in [-0.3, -0.25) is 4.79 Å². The van der Waals surface area contributed by atoms with Crippen LogP contribution in [0.15, 0.2) is 48.5 Å². The number of benzene rings is 2. The monoisotopic (exact) mass is 367 g/mol. The highest BCUT2D eigenvalue weighted by molar-refractivity contribution is 5.97. The van der Waals surface area contributed by atoms with Crippen LogP contribution < -0.4 is 20.3 Å². The predicted molar refractivity (Wildman–Crippen MR) is 106 cm³/mol. The van der Waals surface area contributed by atoms with E-state index in [0.717, 1.165) is 24.9 Å². The van der Waals surface area contributed by atoms with Crippen molar-refractivity contribution in [3.05, 3.63) is 54.1 Å². The summed E-state index contributed by atoms with van der Waals surface area (Å²) in [5, 5.41) is 5.67. The summed E-state index contributed by atoms with van der Waals surface area (Å²) in [5.74, 6) is 0.678. The molecule has 1 heterocycles. The van der Waals surface area contributed by atoms with Crippen LogP contribution in [0.2, 0.25) is 0 Å². The fraction of sp³-hybridized carbons (Fsp3) is 0.333. The van der Waals surface area contributed by atoms with E-state index >= 15 is 0 Å². The van der Waals surface area contributed by atoms with Crippen LogP contribution in [0.3, 0.4) is 0 Å². The van der Waals surface area contributed by atoms with Gasteiger partial charge in [0.05, 0.1) is 12.8 Å². The molecule has 0 aliphatic carbocycles. The smallest absolute Gasteiger partial charge is 0.319 e. The minimum Gasteiger partial charge on any atom is -0.494 e. The van der Waals surface area contributed by atoms with Crippen LogP contribution in [0.1, 0.15) is 24.8 Å². The Morgan fingerprint density at radius 1 is 1.19 bits per heavy atom. The third-order valence-electron chi connectivity index (χ3n) is 4.57. The number of carbonyl (C=O) groups is 2. The first kappa shape index (κ1) is 18.8. The Hall–Kier alpha value is -3.02. The second-order valence-corrected chi connectivity index (χ2v) is 6.51. The topological polar surface area (TPSA) is 70.7 Å². The van der Waals surface area contributed by atoms with Gasteiger partial charge in [0.15, 0.2) is 0 Å². The zero-order chi connectivity index (χ0) is 19.1. The summed E-state index contributed by atoms with van der Waals surface area (Å²) in [6.45, 7) is 1.29. The van der Waals surface area contributed by atoms with Gasteiger partial charge < -0.3 is 20.3 Å². The molecule has 1 aliphatic heterocycles. The Morgan fingerprint density at radius 3 is 2.70 bits per heavy atom. The van der Waals surface area contributed by atoms with Crippen LogP contribution in [0.5, 0.6) is 5.75 Å². The predicted octanol–water partition coefficient (Wildman–Crippen LogP) is 3.58. The molecule has 3 rings (SSSR count). The minimum atomic E-state index is -0.255. The van der Waals surface area contributed by atoms with Crippen LogP contribution in [0.25, 0.3) is 0 Å². The van der Waals surface area contributed by atoms with Crippen LogP contribution in [-0.2, 0) is 11.2 Å². The van der Waals surface area contributed by atoms with Gasteiger partial charge in [-0.1, -0.05) is 30.3 Å². The molecule has 142 valence electrons. The Morgan fingerprint density at radius 2 is 2.00 bits per heavy atom. The van der Waals surface area contributed by atoms with Crippen molar-refractivity contribution >= 4 is 23.3 Å². The third-order valence-corrected chi connectivity index (χ3v) is 4.57. The SMILES string of the molecule is COc1cc(NC(=O)NCCCc2ccccc2)ccc1N1CCCC1=O. The molecule has 0 saturated carbocycles. The lowest BCUT2D eigenvalue weighted by Crippen LogP contribution is -2.30. The number of nitrogens with zero attached hydrogens (tertiary/aromatic N) is 1. The molecular formula is C21H25N3O3. The summed E-state index contributed by atoms with van der Waals surface area (Å²) < 4.78 is 5.41. The Labute approximate surface area is 159 Å². The quantitative estimate of drug-likeness (QED) is 0.735. The number of hydrogen-bond donors (Lipinski definition) is 2. The molecule has 6 nitrogen and oxygen atoms in total. The highest BCUT2D eigenvalue weighted by Gasteiger charge is 2.24. The Balaban J connectivity index is 1.51. The van der Waals surface area contributed by atoms with Gasteiger partial charge in [-0.2, -0.15) is 0 Å². The van der Waals surface area contributed by atoms with Crippen molar-refractivity contribution in [2.24, 2.45) is 0 Å². The van der Waals surface area contributed by atoms with E-state index in [0.29, 0.717) is 30.9 Å². The summed E-state index contributed by atoms with van der Waals surface area (Å²) in [6.07, 6.45) is 3.21. The average Bonchev–Trinajstić information content (AvgIpc) is 3.11. The molecule has 3 amide bonds. The number of rotatable bonds is 7. The molecule has 0 atom stereocenters. The molecule has 6 heteroatoms. The number of aryl methyl sites for hydroxylation is 1. The van der Waals surface area contributed by atoms with E-state index in [1.165, 1.54) is 5.56 Å². The summed E-state index contributed by atoms with van der Waals surface area (Å²) in [4.78, 5) is 25.8. The standard InChI is InChI=1S/C21H25N3O3/c1-27-19-15-17(11-12-18(19)24-14-6-10-20(24)25)23-21(26)22-13-5-9-16-7-3-2-4-8-16/h2-4,7-8,11-12,15H,5-6,9-10,13-14H2,1H3,(H2,22,23,26). The Bertz CT molecular complexity index is 793. The molecule has 2 aromatic rings. The lowest BCUT2D eigenvalue weighted by atomic mass is 10.1. The molecule has 0 spiro atoms. The van der Waals surface area contributed by atoms with E-state index in [1.807, 2.05) is 24.3 Å². The number of carbonyl (C=O) groups excluding carboxylic acids is 2. The van der Waals surface area contributed by atoms with Gasteiger partial charge in [-0.15, -0.1) is 0 Å². The maximum absolute atomic E-state index is 12.1. The number of nitrogens with one attached hydrogen (secondary N) is 2. The molecule has 1 saturated heterocycles. The maximum Gasteiger partial charge on any atom is 0.319 e. The van der Waals surface area contributed by atoms with Gasteiger partial charge in [-0.25, -0.2) is 4.79 Å². The van der Waals surface area contributed by atoms with E-state index in [4.69, 9.17) is 4.74 Å². The van der Waals surface area contributed by atoms with Crippen LogP contribution in [0, 0.1) is 0 Å². The van der Waals surface area contributed by atoms with Gasteiger partial charge in [0, 0.05) is 31.3 Å². The van der Waals surface area contributed by atoms with Crippen molar-refractivity contribution in [1.29, 1.82) is 0 Å². The van der Waals surface area contributed by atoms with E-state index in [9.17, 15) is 9.59 Å². The normalized spacial score (nSPS) is 13.5. The zero-order valence-electron chi connectivity index (χ0n) is 15.5. The zero-order valence-corrected chi connectivity index (χ0v) is 15.5. The molecular weight excluding hydrogens is 342 g/mol. The van der Waals surface area contributed by atoms with Crippen LogP contribution in [0.4, 0.5) is 16.2 Å². The van der Waals surface area contributed by atoms with Crippen molar-refractivity contribution in [1.82, 2.24) is 5.32 Å². The molecule has 1 fully saturated rings. The number of anilines is 2. The van der Waals surface area contributed by atoms with Gasteiger partial charge in [0.1, 0.15) is 5.75 Å². The summed E-state index contributed by atoms with van der Waals surface area (Å²) in [5.41, 5.74) is 2.63. The fourth-order valence-corrected chi connectivity index (χ4v) is 3.20. The molecule has 2 aromatic carbocycles. The van der Waals surface area contributed by atoms with E-state index in [1.54, 1.807) is 24.1 Å². The maximum atomic E-state index is 12.1. The molecule has 0 aromatic heterocycles. The van der Waals surface area contributed by atoms with Gasteiger partial charge in [-0.05, 0) is 37.0 Å². The van der Waals surface area contributed by atoms with Crippen molar-refractivity contribution in [2.45, 2.75) is 25.7 Å². The fourth-order valence-electron chi connectivity index (χ4n) is 3.20. The van der Waals surface area contributed by atoms with Gasteiger partial charge in [0.2, 0.25) is 5.91 Å². The van der Waals surface area contributed by atoms with Crippen molar-refractivity contribution < 1.29 is 14.3 Å². The Kier molecular flexibility index (Phi) is 6.30. The lowest BCUT2D eigenvalue weighted by Gasteiger charge is -2.19. The minimum absolute atomic E-state index is 0.102. The summed E-state index contributed by atoms with van der Waals surface area (Å²) in [7, 11) is 1.56. The summed E-state index contributed by atoms with van der Waals surface area (Å²) in [6, 6.07) is 15.3. The number of amides is 3. The number of hydrogen-bond acceptors (Lipinski definition) is 3. The summed E-state index contributed by atoms with van der Waals surface area (Å²) >= 11 is 0. The van der Waals surface area contributed by atoms with E-state index in [-0.39, 0.29) is 11.9 Å². The van der Waals surface area contributed by atoms with E-state index in [2.05, 4.69) is 22.8 Å². The second kappa shape index (κ2) is 9.07. The number of ether oxygens (including phenoxy) is 1.